The molecule has 1 aliphatic carbocycles. The number of nitrogens with two attached hydrogens (primary N) is 1. The normalized spacial score (nSPS) is 15.6. The molecule has 4 N–H and O–H groups in total. The number of benzene rings is 2. The first-order valence-electron chi connectivity index (χ1n) is 11.5. The van der Waals surface area contributed by atoms with Crippen LogP contribution in [0.2, 0.25) is 0 Å². The summed E-state index contributed by atoms with van der Waals surface area (Å²) in [6.45, 7) is 0. The van der Waals surface area contributed by atoms with Gasteiger partial charge in [0.1, 0.15) is 17.3 Å². The van der Waals surface area contributed by atoms with Gasteiger partial charge in [-0.1, -0.05) is 61.7 Å². The van der Waals surface area contributed by atoms with Gasteiger partial charge >= 0.3 is 0 Å². The zero-order chi connectivity index (χ0) is 22.6. The molecule has 1 aliphatic rings. The van der Waals surface area contributed by atoms with Crippen molar-refractivity contribution in [3.05, 3.63) is 65.5 Å². The third kappa shape index (κ3) is 4.41. The summed E-state index contributed by atoms with van der Waals surface area (Å²) in [6.07, 6.45) is 6.85. The number of hydrogen-bond acceptors (Lipinski definition) is 6. The fourth-order valence-corrected chi connectivity index (χ4v) is 4.64. The molecule has 8 nitrogen and oxygen atoms in total. The summed E-state index contributed by atoms with van der Waals surface area (Å²) in [5.41, 5.74) is 3.74. The number of hydrazone groups is 1. The van der Waals surface area contributed by atoms with Crippen LogP contribution in [0, 0.1) is 0 Å². The molecule has 0 aliphatic heterocycles. The molecule has 0 amide bonds. The number of H-pyrrole nitrogens is 1. The molecule has 2 aromatic heterocycles. The quantitative estimate of drug-likeness (QED) is 0.131. The smallest absolute Gasteiger partial charge is 0.200 e. The van der Waals surface area contributed by atoms with Crippen molar-refractivity contribution < 1.29 is 0 Å². The summed E-state index contributed by atoms with van der Waals surface area (Å²) in [5, 5.41) is 17.4. The molecule has 2 heterocycles. The molecular formula is C25H28N8. The van der Waals surface area contributed by atoms with Crippen molar-refractivity contribution in [1.82, 2.24) is 15.0 Å². The maximum Gasteiger partial charge on any atom is 0.200 e. The van der Waals surface area contributed by atoms with E-state index in [0.29, 0.717) is 18.3 Å². The second-order valence-electron chi connectivity index (χ2n) is 8.49. The molecule has 168 valence electrons. The van der Waals surface area contributed by atoms with Crippen LogP contribution in [-0.2, 0) is 6.42 Å². The standard InChI is InChI=1S/C25H28N8/c1-27-33-23(32-26)17-12-13-19-20(15-17)29-25-22(19)24(28-18-10-6-3-7-11-18)30-21(31-25)14-16-8-4-2-5-9-16/h2,4-5,8-9,12-13,15,18H,3,6-7,10-11,14,26H2,1H3,(H2,28,29,30,31)/b32-23-,33-27?. The van der Waals surface area contributed by atoms with E-state index < -0.39 is 0 Å². The molecular weight excluding hydrogens is 412 g/mol. The van der Waals surface area contributed by atoms with Crippen LogP contribution in [-0.4, -0.2) is 33.9 Å². The molecule has 4 aromatic rings. The molecule has 8 heteroatoms. The van der Waals surface area contributed by atoms with Gasteiger partial charge in [-0.2, -0.15) is 10.2 Å². The van der Waals surface area contributed by atoms with E-state index >= 15 is 0 Å². The van der Waals surface area contributed by atoms with Crippen LogP contribution >= 0.6 is 0 Å². The van der Waals surface area contributed by atoms with E-state index in [0.717, 1.165) is 39.1 Å². The maximum atomic E-state index is 5.52. The molecule has 0 spiro atoms. The highest BCUT2D eigenvalue weighted by molar-refractivity contribution is 6.13. The van der Waals surface area contributed by atoms with E-state index in [4.69, 9.17) is 15.8 Å². The third-order valence-electron chi connectivity index (χ3n) is 6.22. The Morgan fingerprint density at radius 2 is 1.91 bits per heavy atom. The zero-order valence-electron chi connectivity index (χ0n) is 18.8. The van der Waals surface area contributed by atoms with Crippen LogP contribution in [0.1, 0.15) is 49.1 Å². The predicted molar refractivity (Wildman–Crippen MR) is 133 cm³/mol. The van der Waals surface area contributed by atoms with Gasteiger partial charge in [0.05, 0.1) is 5.39 Å². The number of hydrogen-bond donors (Lipinski definition) is 3. The van der Waals surface area contributed by atoms with Crippen LogP contribution in [0.3, 0.4) is 0 Å². The highest BCUT2D eigenvalue weighted by Crippen LogP contribution is 2.32. The van der Waals surface area contributed by atoms with Crippen molar-refractivity contribution in [2.75, 3.05) is 12.4 Å². The Bertz CT molecular complexity index is 1320. The van der Waals surface area contributed by atoms with Crippen LogP contribution in [0.15, 0.2) is 63.9 Å². The first kappa shape index (κ1) is 21.1. The monoisotopic (exact) mass is 440 g/mol. The van der Waals surface area contributed by atoms with E-state index in [9.17, 15) is 0 Å². The predicted octanol–water partition coefficient (Wildman–Crippen LogP) is 5.15. The summed E-state index contributed by atoms with van der Waals surface area (Å²) < 4.78 is 0. The van der Waals surface area contributed by atoms with Gasteiger partial charge in [-0.25, -0.2) is 9.97 Å². The van der Waals surface area contributed by atoms with E-state index in [1.807, 2.05) is 36.4 Å². The SMILES string of the molecule is CN=N/C(=N\N)c1ccc2c(c1)[nH]c1nc(Cc3ccccc3)nc(NC3CCCCC3)c12. The van der Waals surface area contributed by atoms with Gasteiger partial charge in [0.25, 0.3) is 0 Å². The first-order valence-corrected chi connectivity index (χ1v) is 11.5. The van der Waals surface area contributed by atoms with Crippen molar-refractivity contribution in [2.24, 2.45) is 21.2 Å². The molecule has 1 fully saturated rings. The highest BCUT2D eigenvalue weighted by atomic mass is 15.2. The number of aromatic nitrogens is 3. The molecule has 0 bridgehead atoms. The molecule has 1 saturated carbocycles. The lowest BCUT2D eigenvalue weighted by Gasteiger charge is -2.24. The van der Waals surface area contributed by atoms with Gasteiger partial charge in [0, 0.05) is 36.0 Å². The van der Waals surface area contributed by atoms with Crippen molar-refractivity contribution in [2.45, 2.75) is 44.6 Å². The molecule has 0 radical (unpaired) electrons. The number of amidine groups is 1. The van der Waals surface area contributed by atoms with E-state index in [1.165, 1.54) is 37.7 Å². The van der Waals surface area contributed by atoms with E-state index in [1.54, 1.807) is 7.05 Å². The van der Waals surface area contributed by atoms with Crippen LogP contribution in [0.5, 0.6) is 0 Å². The lowest BCUT2D eigenvalue weighted by atomic mass is 9.95. The Kier molecular flexibility index (Phi) is 5.97. The van der Waals surface area contributed by atoms with Crippen molar-refractivity contribution in [1.29, 1.82) is 0 Å². The second-order valence-corrected chi connectivity index (χ2v) is 8.49. The van der Waals surface area contributed by atoms with Gasteiger partial charge < -0.3 is 16.1 Å². The van der Waals surface area contributed by atoms with Crippen molar-refractivity contribution in [3.63, 3.8) is 0 Å². The summed E-state index contributed by atoms with van der Waals surface area (Å²) in [4.78, 5) is 13.4. The van der Waals surface area contributed by atoms with Gasteiger partial charge in [-0.05, 0) is 24.5 Å². The van der Waals surface area contributed by atoms with Crippen LogP contribution in [0.4, 0.5) is 5.82 Å². The molecule has 5 rings (SSSR count). The van der Waals surface area contributed by atoms with Gasteiger partial charge in [-0.15, -0.1) is 5.11 Å². The molecule has 0 unspecified atom stereocenters. The molecule has 0 saturated heterocycles. The highest BCUT2D eigenvalue weighted by Gasteiger charge is 2.19. The Balaban J connectivity index is 1.62. The number of aromatic amines is 1. The van der Waals surface area contributed by atoms with Crippen molar-refractivity contribution >= 4 is 33.6 Å². The number of fused-ring (bicyclic) bond motifs is 3. The Morgan fingerprint density at radius 3 is 2.67 bits per heavy atom. The number of anilines is 1. The summed E-state index contributed by atoms with van der Waals surface area (Å²) in [5.74, 6) is 7.60. The fourth-order valence-electron chi connectivity index (χ4n) is 4.64. The summed E-state index contributed by atoms with van der Waals surface area (Å²) in [7, 11) is 1.60. The fraction of sp³-hybridized carbons (Fsp3) is 0.320. The second kappa shape index (κ2) is 9.36. The Hall–Kier alpha value is -3.81. The van der Waals surface area contributed by atoms with E-state index in [2.05, 4.69) is 37.8 Å². The number of azo groups is 1. The average molecular weight is 441 g/mol. The lowest BCUT2D eigenvalue weighted by Crippen LogP contribution is -2.23. The topological polar surface area (TPSA) is 117 Å². The maximum absolute atomic E-state index is 5.52. The minimum Gasteiger partial charge on any atom is -0.367 e. The minimum atomic E-state index is 0.384. The van der Waals surface area contributed by atoms with Crippen LogP contribution < -0.4 is 11.2 Å². The van der Waals surface area contributed by atoms with Gasteiger partial charge in [-0.3, -0.25) is 0 Å². The average Bonchev–Trinajstić information content (AvgIpc) is 3.21. The molecule has 33 heavy (non-hydrogen) atoms. The molecule has 2 aromatic carbocycles. The largest absolute Gasteiger partial charge is 0.367 e. The van der Waals surface area contributed by atoms with Gasteiger partial charge in [0.15, 0.2) is 5.84 Å². The summed E-state index contributed by atoms with van der Waals surface area (Å²) >= 11 is 0. The lowest BCUT2D eigenvalue weighted by molar-refractivity contribution is 0.462. The van der Waals surface area contributed by atoms with Crippen molar-refractivity contribution in [3.8, 4) is 0 Å². The Morgan fingerprint density at radius 1 is 1.09 bits per heavy atom. The third-order valence-corrected chi connectivity index (χ3v) is 6.22. The van der Waals surface area contributed by atoms with Crippen LogP contribution in [0.25, 0.3) is 21.9 Å². The zero-order valence-corrected chi connectivity index (χ0v) is 18.8. The number of nitrogens with zero attached hydrogens (tertiary/aromatic N) is 5. The first-order chi connectivity index (χ1) is 16.2. The summed E-state index contributed by atoms with van der Waals surface area (Å²) in [6, 6.07) is 16.8. The Labute approximate surface area is 192 Å². The minimum absolute atomic E-state index is 0.384. The van der Waals surface area contributed by atoms with Gasteiger partial charge in [0.2, 0.25) is 0 Å². The number of nitrogens with one attached hydrogen (secondary N) is 2. The molecule has 0 atom stereocenters. The number of rotatable bonds is 5. The van der Waals surface area contributed by atoms with E-state index in [-0.39, 0.29) is 0 Å².